The summed E-state index contributed by atoms with van der Waals surface area (Å²) >= 11 is 6.24. The average Bonchev–Trinajstić information content (AvgIpc) is 2.57. The van der Waals surface area contributed by atoms with Crippen LogP contribution in [0.15, 0.2) is 46.3 Å². The highest BCUT2D eigenvalue weighted by atomic mass is 35.5. The number of hydrogen-bond donors (Lipinski definition) is 3. The molecule has 2 aromatic rings. The molecule has 2 aromatic carbocycles. The van der Waals surface area contributed by atoms with Gasteiger partial charge in [-0.3, -0.25) is 9.55 Å². The Hall–Kier alpha value is -2.13. The maximum Gasteiger partial charge on any atom is 0.295 e. The molecule has 0 atom stereocenters. The van der Waals surface area contributed by atoms with E-state index in [1.54, 1.807) is 37.3 Å². The molecule has 26 heavy (non-hydrogen) atoms. The van der Waals surface area contributed by atoms with Crippen LogP contribution in [0.3, 0.4) is 0 Å². The summed E-state index contributed by atoms with van der Waals surface area (Å²) in [6.45, 7) is 2.51. The molecule has 0 bridgehead atoms. The van der Waals surface area contributed by atoms with Gasteiger partial charge in [0.2, 0.25) is 0 Å². The molecule has 0 amide bonds. The molecule has 4 N–H and O–H groups in total. The lowest BCUT2D eigenvalue weighted by Crippen LogP contribution is -2.19. The maximum absolute atomic E-state index is 11.9. The first-order valence-electron chi connectivity index (χ1n) is 7.79. The molecule has 0 heterocycles. The van der Waals surface area contributed by atoms with Gasteiger partial charge in [0.15, 0.2) is 0 Å². The summed E-state index contributed by atoms with van der Waals surface area (Å²) in [6.07, 6.45) is 1.97. The van der Waals surface area contributed by atoms with Gasteiger partial charge >= 0.3 is 0 Å². The van der Waals surface area contributed by atoms with Crippen molar-refractivity contribution in [1.29, 1.82) is 0 Å². The molecule has 0 aromatic heterocycles. The van der Waals surface area contributed by atoms with Crippen LogP contribution in [0.5, 0.6) is 5.75 Å². The second-order valence-corrected chi connectivity index (χ2v) is 7.29. The number of halogens is 1. The van der Waals surface area contributed by atoms with Crippen molar-refractivity contribution in [3.8, 4) is 16.9 Å². The fourth-order valence-corrected chi connectivity index (χ4v) is 3.46. The molecule has 0 saturated heterocycles. The lowest BCUT2D eigenvalue weighted by atomic mass is 10.0. The molecular weight excluding hydrogens is 378 g/mol. The highest BCUT2D eigenvalue weighted by Crippen LogP contribution is 2.40. The molecule has 0 spiro atoms. The van der Waals surface area contributed by atoms with E-state index in [9.17, 15) is 13.0 Å². The highest BCUT2D eigenvalue weighted by molar-refractivity contribution is 7.86. The Balaban J connectivity index is 2.45. The van der Waals surface area contributed by atoms with Crippen LogP contribution in [0.2, 0.25) is 5.02 Å². The molecule has 2 rings (SSSR count). The third-order valence-corrected chi connectivity index (χ3v) is 4.69. The average molecular weight is 398 g/mol. The minimum absolute atomic E-state index is 0.232. The second-order valence-electron chi connectivity index (χ2n) is 5.50. The fraction of sp³-hybridized carbons (Fsp3) is 0.235. The normalized spacial score (nSPS) is 11.7. The van der Waals surface area contributed by atoms with E-state index < -0.39 is 10.1 Å². The first-order valence-corrected chi connectivity index (χ1v) is 9.60. The molecule has 0 aliphatic rings. The zero-order valence-corrected chi connectivity index (χ0v) is 15.7. The number of hydrazine groups is 1. The predicted octanol–water partition coefficient (Wildman–Crippen LogP) is 2.82. The monoisotopic (exact) mass is 397 g/mol. The van der Waals surface area contributed by atoms with Crippen LogP contribution < -0.4 is 16.0 Å². The largest absolute Gasteiger partial charge is 0.493 e. The molecule has 0 saturated carbocycles. The minimum atomic E-state index is -4.47. The standard InChI is InChI=1S/C17H20ClN3O4S/c1-12-9-15(25-8-4-7-20-11-21-19)17(16(10-12)26(22,23)24)13-5-2-3-6-14(13)18/h2-3,5-6,9-11H,4,7-8,19H2,1H3,(H,20,21)(H,22,23,24). The van der Waals surface area contributed by atoms with E-state index in [1.807, 2.05) is 0 Å². The zero-order chi connectivity index (χ0) is 19.2. The fourth-order valence-electron chi connectivity index (χ4n) is 2.42. The Morgan fingerprint density at radius 1 is 1.35 bits per heavy atom. The Bertz CT molecular complexity index is 901. The van der Waals surface area contributed by atoms with Crippen molar-refractivity contribution in [3.05, 3.63) is 47.0 Å². The maximum atomic E-state index is 11.9. The Morgan fingerprint density at radius 2 is 2.08 bits per heavy atom. The zero-order valence-electron chi connectivity index (χ0n) is 14.1. The minimum Gasteiger partial charge on any atom is -0.493 e. The molecule has 140 valence electrons. The van der Waals surface area contributed by atoms with Gasteiger partial charge in [0.25, 0.3) is 10.1 Å². The summed E-state index contributed by atoms with van der Waals surface area (Å²) < 4.78 is 39.3. The Labute approximate surface area is 157 Å². The molecule has 0 radical (unpaired) electrons. The van der Waals surface area contributed by atoms with Crippen molar-refractivity contribution < 1.29 is 17.7 Å². The van der Waals surface area contributed by atoms with Gasteiger partial charge in [-0.2, -0.15) is 8.42 Å². The van der Waals surface area contributed by atoms with Gasteiger partial charge in [0.05, 0.1) is 12.9 Å². The quantitative estimate of drug-likeness (QED) is 0.157. The number of nitrogens with zero attached hydrogens (tertiary/aromatic N) is 1. The molecule has 0 aliphatic heterocycles. The van der Waals surface area contributed by atoms with Gasteiger partial charge in [-0.05, 0) is 30.7 Å². The molecule has 0 aliphatic carbocycles. The van der Waals surface area contributed by atoms with Gasteiger partial charge in [0.1, 0.15) is 10.6 Å². The molecule has 0 unspecified atom stereocenters. The van der Waals surface area contributed by atoms with Crippen molar-refractivity contribution in [2.24, 2.45) is 10.8 Å². The van der Waals surface area contributed by atoms with Crippen LogP contribution in [0.1, 0.15) is 12.0 Å². The van der Waals surface area contributed by atoms with Crippen LogP contribution in [0.25, 0.3) is 11.1 Å². The smallest absolute Gasteiger partial charge is 0.295 e. The van der Waals surface area contributed by atoms with Crippen LogP contribution in [0.4, 0.5) is 0 Å². The van der Waals surface area contributed by atoms with Crippen LogP contribution in [0, 0.1) is 6.92 Å². The van der Waals surface area contributed by atoms with E-state index in [1.165, 1.54) is 12.4 Å². The van der Waals surface area contributed by atoms with Crippen LogP contribution in [-0.4, -0.2) is 32.5 Å². The van der Waals surface area contributed by atoms with E-state index in [2.05, 4.69) is 10.4 Å². The summed E-state index contributed by atoms with van der Waals surface area (Å²) in [4.78, 5) is 3.75. The first kappa shape index (κ1) is 20.2. The summed E-state index contributed by atoms with van der Waals surface area (Å²) in [6, 6.07) is 9.87. The first-order chi connectivity index (χ1) is 12.3. The number of nitrogens with one attached hydrogen (secondary N) is 1. The van der Waals surface area contributed by atoms with Gasteiger partial charge in [-0.15, -0.1) is 0 Å². The van der Waals surface area contributed by atoms with Gasteiger partial charge in [0, 0.05) is 29.1 Å². The topological polar surface area (TPSA) is 114 Å². The number of hydrogen-bond acceptors (Lipinski definition) is 5. The Kier molecular flexibility index (Phi) is 6.98. The molecule has 7 nitrogen and oxygen atoms in total. The van der Waals surface area contributed by atoms with Crippen LogP contribution >= 0.6 is 11.6 Å². The van der Waals surface area contributed by atoms with Crippen molar-refractivity contribution in [1.82, 2.24) is 5.43 Å². The molecular formula is C17H20ClN3O4S. The lowest BCUT2D eigenvalue weighted by Gasteiger charge is -2.16. The van der Waals surface area contributed by atoms with Crippen molar-refractivity contribution in [3.63, 3.8) is 0 Å². The van der Waals surface area contributed by atoms with E-state index in [0.717, 1.165) is 0 Å². The second kappa shape index (κ2) is 9.00. The molecule has 0 fully saturated rings. The number of aryl methyl sites for hydroxylation is 1. The van der Waals surface area contributed by atoms with Crippen molar-refractivity contribution in [2.45, 2.75) is 18.2 Å². The lowest BCUT2D eigenvalue weighted by molar-refractivity contribution is 0.314. The number of aliphatic imine (C=N–C) groups is 1. The number of nitrogens with two attached hydrogens (primary N) is 1. The van der Waals surface area contributed by atoms with E-state index in [-0.39, 0.29) is 10.5 Å². The van der Waals surface area contributed by atoms with E-state index in [4.69, 9.17) is 22.2 Å². The third kappa shape index (κ3) is 5.18. The summed E-state index contributed by atoms with van der Waals surface area (Å²) in [5.74, 6) is 5.41. The highest BCUT2D eigenvalue weighted by Gasteiger charge is 2.23. The summed E-state index contributed by atoms with van der Waals surface area (Å²) in [7, 11) is -4.47. The van der Waals surface area contributed by atoms with Gasteiger partial charge in [-0.1, -0.05) is 29.8 Å². The van der Waals surface area contributed by atoms with E-state index in [0.29, 0.717) is 41.5 Å². The SMILES string of the molecule is Cc1cc(OCCCN=CNN)c(-c2ccccc2Cl)c(S(=O)(=O)O)c1. The summed E-state index contributed by atoms with van der Waals surface area (Å²) in [5.41, 5.74) is 3.63. The Morgan fingerprint density at radius 3 is 2.73 bits per heavy atom. The summed E-state index contributed by atoms with van der Waals surface area (Å²) in [5, 5.41) is 0.352. The number of ether oxygens (including phenoxy) is 1. The molecule has 9 heteroatoms. The van der Waals surface area contributed by atoms with Gasteiger partial charge in [-0.25, -0.2) is 5.84 Å². The van der Waals surface area contributed by atoms with Crippen molar-refractivity contribution >= 4 is 28.1 Å². The third-order valence-electron chi connectivity index (χ3n) is 3.49. The van der Waals surface area contributed by atoms with Crippen LogP contribution in [-0.2, 0) is 10.1 Å². The van der Waals surface area contributed by atoms with Gasteiger partial charge < -0.3 is 10.2 Å². The number of benzene rings is 2. The number of rotatable bonds is 8. The van der Waals surface area contributed by atoms with E-state index >= 15 is 0 Å². The predicted molar refractivity (Wildman–Crippen MR) is 102 cm³/mol. The van der Waals surface area contributed by atoms with Crippen molar-refractivity contribution in [2.75, 3.05) is 13.2 Å².